The summed E-state index contributed by atoms with van der Waals surface area (Å²) in [5.74, 6) is 1.85. The highest BCUT2D eigenvalue weighted by Gasteiger charge is 2.17. The van der Waals surface area contributed by atoms with Crippen molar-refractivity contribution in [2.24, 2.45) is 0 Å². The first-order valence-electron chi connectivity index (χ1n) is 17.1. The van der Waals surface area contributed by atoms with E-state index < -0.39 is 0 Å². The lowest BCUT2D eigenvalue weighted by atomic mass is 9.96. The number of hydrogen-bond acceptors (Lipinski definition) is 4. The zero-order chi connectivity index (χ0) is 33.7. The summed E-state index contributed by atoms with van der Waals surface area (Å²) in [6, 6.07) is 61.3. The zero-order valence-electron chi connectivity index (χ0n) is 27.5. The van der Waals surface area contributed by atoms with Gasteiger partial charge in [-0.2, -0.15) is 0 Å². The molecule has 0 fully saturated rings. The third-order valence-corrected chi connectivity index (χ3v) is 9.71. The fourth-order valence-corrected chi connectivity index (χ4v) is 7.09. The van der Waals surface area contributed by atoms with Crippen molar-refractivity contribution in [2.45, 2.75) is 0 Å². The van der Waals surface area contributed by atoms with Gasteiger partial charge in [-0.25, -0.2) is 15.0 Å². The van der Waals surface area contributed by atoms with Gasteiger partial charge in [-0.05, 0) is 74.1 Å². The van der Waals surface area contributed by atoms with Gasteiger partial charge in [-0.1, -0.05) is 146 Å². The molecule has 0 N–H and O–H groups in total. The Kier molecular flexibility index (Phi) is 6.78. The molecule has 10 rings (SSSR count). The van der Waals surface area contributed by atoms with E-state index in [9.17, 15) is 0 Å². The zero-order valence-corrected chi connectivity index (χ0v) is 27.5. The summed E-state index contributed by atoms with van der Waals surface area (Å²) in [6.45, 7) is 0. The van der Waals surface area contributed by atoms with Crippen LogP contribution in [-0.2, 0) is 0 Å². The minimum Gasteiger partial charge on any atom is -0.456 e. The molecule has 51 heavy (non-hydrogen) atoms. The maximum Gasteiger partial charge on any atom is 0.164 e. The van der Waals surface area contributed by atoms with E-state index in [1.807, 2.05) is 60.7 Å². The summed E-state index contributed by atoms with van der Waals surface area (Å²) in [5.41, 5.74) is 9.12. The fraction of sp³-hybridized carbons (Fsp3) is 0. The van der Waals surface area contributed by atoms with Gasteiger partial charge in [0.05, 0.1) is 0 Å². The Morgan fingerprint density at radius 2 is 0.824 bits per heavy atom. The second-order valence-corrected chi connectivity index (χ2v) is 12.9. The summed E-state index contributed by atoms with van der Waals surface area (Å²) in [4.78, 5) is 15.1. The van der Waals surface area contributed by atoms with Crippen molar-refractivity contribution in [2.75, 3.05) is 0 Å². The molecule has 0 aliphatic heterocycles. The van der Waals surface area contributed by atoms with Crippen molar-refractivity contribution in [3.05, 3.63) is 176 Å². The molecule has 2 aromatic heterocycles. The number of furan rings is 1. The lowest BCUT2D eigenvalue weighted by molar-refractivity contribution is 0.669. The smallest absolute Gasteiger partial charge is 0.164 e. The number of nitrogens with zero attached hydrogens (tertiary/aromatic N) is 3. The summed E-state index contributed by atoms with van der Waals surface area (Å²) in [5, 5.41) is 6.96. The number of benzene rings is 8. The van der Waals surface area contributed by atoms with Crippen LogP contribution in [0.1, 0.15) is 0 Å². The molecule has 0 amide bonds. The molecule has 4 heteroatoms. The molecule has 2 heterocycles. The highest BCUT2D eigenvalue weighted by atomic mass is 16.3. The van der Waals surface area contributed by atoms with Crippen LogP contribution in [0.4, 0.5) is 0 Å². The molecular formula is C47H29N3O. The highest BCUT2D eigenvalue weighted by Crippen LogP contribution is 2.37. The first-order chi connectivity index (χ1) is 25.2. The van der Waals surface area contributed by atoms with Gasteiger partial charge >= 0.3 is 0 Å². The van der Waals surface area contributed by atoms with Gasteiger partial charge in [0.15, 0.2) is 17.5 Å². The number of rotatable bonds is 5. The second kappa shape index (κ2) is 11.9. The van der Waals surface area contributed by atoms with E-state index in [1.54, 1.807) is 0 Å². The Labute approximate surface area is 294 Å². The quantitative estimate of drug-likeness (QED) is 0.186. The lowest BCUT2D eigenvalue weighted by Gasteiger charge is -2.10. The van der Waals surface area contributed by atoms with Crippen LogP contribution in [0.2, 0.25) is 0 Å². The summed E-state index contributed by atoms with van der Waals surface area (Å²) >= 11 is 0. The van der Waals surface area contributed by atoms with Crippen molar-refractivity contribution in [3.8, 4) is 56.4 Å². The number of fused-ring (bicyclic) bond motifs is 5. The van der Waals surface area contributed by atoms with Crippen molar-refractivity contribution in [3.63, 3.8) is 0 Å². The Morgan fingerprint density at radius 3 is 1.57 bits per heavy atom. The molecule has 8 aromatic carbocycles. The van der Waals surface area contributed by atoms with E-state index in [1.165, 1.54) is 32.7 Å². The Hall–Kier alpha value is -6.91. The van der Waals surface area contributed by atoms with Gasteiger partial charge in [0.25, 0.3) is 0 Å². The van der Waals surface area contributed by atoms with Crippen molar-refractivity contribution in [1.29, 1.82) is 0 Å². The first-order valence-corrected chi connectivity index (χ1v) is 17.1. The standard InChI is InChI=1S/C47H29N3O/c1-2-10-33(11-3-1)45-48-46(50-47(49-45)41-14-8-16-43-44(41)40-13-6-7-15-42(40)51-43)34-22-17-31(18-23-34)36-24-20-32-21-26-38(29-39(32)28-36)37-25-19-30-9-4-5-12-35(30)27-37/h1-29H. The Balaban J connectivity index is 1.04. The van der Waals surface area contributed by atoms with E-state index in [0.29, 0.717) is 17.5 Å². The Morgan fingerprint density at radius 1 is 0.314 bits per heavy atom. The van der Waals surface area contributed by atoms with Crippen LogP contribution in [0.15, 0.2) is 180 Å². The molecule has 0 aliphatic rings. The van der Waals surface area contributed by atoms with Gasteiger partial charge in [0.2, 0.25) is 0 Å². The average Bonchev–Trinajstić information content (AvgIpc) is 3.59. The summed E-state index contributed by atoms with van der Waals surface area (Å²) in [6.07, 6.45) is 0. The van der Waals surface area contributed by atoms with E-state index in [-0.39, 0.29) is 0 Å². The largest absolute Gasteiger partial charge is 0.456 e. The number of hydrogen-bond donors (Lipinski definition) is 0. The van der Waals surface area contributed by atoms with E-state index in [4.69, 9.17) is 19.4 Å². The molecule has 238 valence electrons. The topological polar surface area (TPSA) is 51.8 Å². The van der Waals surface area contributed by atoms with Crippen molar-refractivity contribution < 1.29 is 4.42 Å². The van der Waals surface area contributed by atoms with Gasteiger partial charge in [0, 0.05) is 27.5 Å². The molecule has 0 atom stereocenters. The van der Waals surface area contributed by atoms with Gasteiger partial charge in [0.1, 0.15) is 11.2 Å². The van der Waals surface area contributed by atoms with Crippen LogP contribution in [-0.4, -0.2) is 15.0 Å². The van der Waals surface area contributed by atoms with E-state index in [0.717, 1.165) is 49.8 Å². The summed E-state index contributed by atoms with van der Waals surface area (Å²) in [7, 11) is 0. The molecule has 0 spiro atoms. The summed E-state index contributed by atoms with van der Waals surface area (Å²) < 4.78 is 6.20. The van der Waals surface area contributed by atoms with E-state index in [2.05, 4.69) is 115 Å². The van der Waals surface area contributed by atoms with Crippen molar-refractivity contribution in [1.82, 2.24) is 15.0 Å². The Bertz CT molecular complexity index is 2910. The van der Waals surface area contributed by atoms with Crippen LogP contribution in [0.25, 0.3) is 99.9 Å². The molecule has 0 aliphatic carbocycles. The predicted octanol–water partition coefficient (Wildman–Crippen LogP) is 12.4. The van der Waals surface area contributed by atoms with Crippen molar-refractivity contribution >= 4 is 43.5 Å². The van der Waals surface area contributed by atoms with Crippen LogP contribution >= 0.6 is 0 Å². The third-order valence-electron chi connectivity index (χ3n) is 9.71. The van der Waals surface area contributed by atoms with Gasteiger partial charge in [-0.15, -0.1) is 0 Å². The van der Waals surface area contributed by atoms with Crippen LogP contribution in [0.3, 0.4) is 0 Å². The minimum atomic E-state index is 0.608. The maximum atomic E-state index is 6.20. The predicted molar refractivity (Wildman–Crippen MR) is 209 cm³/mol. The SMILES string of the molecule is c1ccc(-c2nc(-c3ccc(-c4ccc5ccc(-c6ccc7ccccc7c6)cc5c4)cc3)nc(-c3cccc4oc5ccccc5c34)n2)cc1. The molecular weight excluding hydrogens is 623 g/mol. The molecule has 0 bridgehead atoms. The molecule has 10 aromatic rings. The fourth-order valence-electron chi connectivity index (χ4n) is 7.09. The third kappa shape index (κ3) is 5.22. The first kappa shape index (κ1) is 29.0. The van der Waals surface area contributed by atoms with Crippen LogP contribution in [0, 0.1) is 0 Å². The highest BCUT2D eigenvalue weighted by molar-refractivity contribution is 6.11. The normalized spacial score (nSPS) is 11.5. The number of aromatic nitrogens is 3. The van der Waals surface area contributed by atoms with E-state index >= 15 is 0 Å². The molecule has 4 nitrogen and oxygen atoms in total. The molecule has 0 saturated carbocycles. The molecule has 0 saturated heterocycles. The van der Waals surface area contributed by atoms with Gasteiger partial charge in [-0.3, -0.25) is 0 Å². The van der Waals surface area contributed by atoms with Gasteiger partial charge < -0.3 is 4.42 Å². The molecule has 0 radical (unpaired) electrons. The average molecular weight is 652 g/mol. The van der Waals surface area contributed by atoms with Crippen LogP contribution < -0.4 is 0 Å². The molecule has 0 unspecified atom stereocenters. The lowest BCUT2D eigenvalue weighted by Crippen LogP contribution is -2.00. The van der Waals surface area contributed by atoms with Crippen LogP contribution in [0.5, 0.6) is 0 Å². The number of para-hydroxylation sites is 1. The minimum absolute atomic E-state index is 0.608. The maximum absolute atomic E-state index is 6.20. The second-order valence-electron chi connectivity index (χ2n) is 12.9. The monoisotopic (exact) mass is 651 g/mol.